The van der Waals surface area contributed by atoms with Crippen molar-refractivity contribution in [1.29, 1.82) is 0 Å². The van der Waals surface area contributed by atoms with Gasteiger partial charge in [0.25, 0.3) is 11.6 Å². The Morgan fingerprint density at radius 2 is 2.04 bits per heavy atom. The van der Waals surface area contributed by atoms with Gasteiger partial charge in [0.1, 0.15) is 4.32 Å². The number of non-ortho nitro benzene ring substituents is 1. The van der Waals surface area contributed by atoms with Crippen molar-refractivity contribution in [2.75, 3.05) is 12.0 Å². The first-order valence-corrected chi connectivity index (χ1v) is 9.45. The molecule has 0 radical (unpaired) electrons. The van der Waals surface area contributed by atoms with Crippen molar-refractivity contribution in [3.05, 3.63) is 73.6 Å². The van der Waals surface area contributed by atoms with E-state index < -0.39 is 4.92 Å². The van der Waals surface area contributed by atoms with E-state index in [0.717, 1.165) is 10.0 Å². The van der Waals surface area contributed by atoms with Gasteiger partial charge in [-0.1, -0.05) is 58.1 Å². The predicted octanol–water partition coefficient (Wildman–Crippen LogP) is 4.63. The molecule has 0 spiro atoms. The lowest BCUT2D eigenvalue weighted by molar-refractivity contribution is -0.384. The lowest BCUT2D eigenvalue weighted by Crippen LogP contribution is -2.33. The Morgan fingerprint density at radius 1 is 1.27 bits per heavy atom. The van der Waals surface area contributed by atoms with Crippen LogP contribution in [-0.2, 0) is 4.79 Å². The quantitative estimate of drug-likeness (QED) is 0.310. The molecule has 1 saturated heterocycles. The van der Waals surface area contributed by atoms with Crippen molar-refractivity contribution in [1.82, 2.24) is 4.90 Å². The molecule has 132 valence electrons. The van der Waals surface area contributed by atoms with Crippen LogP contribution < -0.4 is 5.32 Å². The Morgan fingerprint density at radius 3 is 2.77 bits per heavy atom. The van der Waals surface area contributed by atoms with Crippen LogP contribution in [0.3, 0.4) is 0 Å². The molecule has 0 unspecified atom stereocenters. The minimum absolute atomic E-state index is 0.0186. The second-order valence-electron chi connectivity index (χ2n) is 5.31. The molecule has 9 heteroatoms. The maximum Gasteiger partial charge on any atom is 0.271 e. The molecule has 26 heavy (non-hydrogen) atoms. The van der Waals surface area contributed by atoms with Crippen molar-refractivity contribution in [2.45, 2.75) is 0 Å². The lowest BCUT2D eigenvalue weighted by atomic mass is 10.2. The van der Waals surface area contributed by atoms with Gasteiger partial charge in [-0.15, -0.1) is 0 Å². The fourth-order valence-corrected chi connectivity index (χ4v) is 3.96. The van der Waals surface area contributed by atoms with Gasteiger partial charge in [-0.2, -0.15) is 0 Å². The number of thioether (sulfide) groups is 1. The molecule has 1 aliphatic rings. The summed E-state index contributed by atoms with van der Waals surface area (Å²) in [6.45, 7) is 0.141. The van der Waals surface area contributed by atoms with E-state index in [2.05, 4.69) is 21.2 Å². The first-order chi connectivity index (χ1) is 12.4. The van der Waals surface area contributed by atoms with E-state index in [1.807, 2.05) is 24.3 Å². The number of anilines is 1. The zero-order valence-electron chi connectivity index (χ0n) is 13.2. The molecule has 0 aliphatic carbocycles. The summed E-state index contributed by atoms with van der Waals surface area (Å²) < 4.78 is 1.36. The van der Waals surface area contributed by atoms with Gasteiger partial charge in [-0.25, -0.2) is 0 Å². The number of amides is 1. The van der Waals surface area contributed by atoms with Gasteiger partial charge in [0, 0.05) is 22.3 Å². The summed E-state index contributed by atoms with van der Waals surface area (Å²) in [5.74, 6) is -0.196. The monoisotopic (exact) mass is 449 g/mol. The first-order valence-electron chi connectivity index (χ1n) is 7.43. The zero-order chi connectivity index (χ0) is 18.7. The molecule has 1 amide bonds. The molecule has 3 rings (SSSR count). The van der Waals surface area contributed by atoms with Gasteiger partial charge in [-0.3, -0.25) is 19.8 Å². The fraction of sp³-hybridized carbons (Fsp3) is 0.0588. The number of nitro benzene ring substituents is 1. The van der Waals surface area contributed by atoms with Crippen LogP contribution in [0.4, 0.5) is 11.4 Å². The fourth-order valence-electron chi connectivity index (χ4n) is 2.28. The van der Waals surface area contributed by atoms with E-state index in [0.29, 0.717) is 14.9 Å². The molecule has 1 fully saturated rings. The van der Waals surface area contributed by atoms with Gasteiger partial charge in [0.15, 0.2) is 0 Å². The van der Waals surface area contributed by atoms with E-state index in [-0.39, 0.29) is 18.3 Å². The highest BCUT2D eigenvalue weighted by atomic mass is 79.9. The van der Waals surface area contributed by atoms with Crippen molar-refractivity contribution >= 4 is 67.6 Å². The third-order valence-corrected chi connectivity index (χ3v) is 5.39. The minimum Gasteiger partial charge on any atom is -0.367 e. The second-order valence-corrected chi connectivity index (χ2v) is 7.90. The lowest BCUT2D eigenvalue weighted by Gasteiger charge is -2.16. The molecule has 1 heterocycles. The summed E-state index contributed by atoms with van der Waals surface area (Å²) in [5.41, 5.74) is 1.42. The number of carbonyl (C=O) groups is 1. The molecule has 0 atom stereocenters. The van der Waals surface area contributed by atoms with Gasteiger partial charge in [0.05, 0.1) is 16.5 Å². The van der Waals surface area contributed by atoms with Crippen LogP contribution in [0.1, 0.15) is 5.56 Å². The molecular weight excluding hydrogens is 438 g/mol. The van der Waals surface area contributed by atoms with Crippen LogP contribution in [0, 0.1) is 10.1 Å². The number of benzene rings is 2. The normalized spacial score (nSPS) is 15.6. The molecule has 0 saturated carbocycles. The minimum atomic E-state index is -0.467. The van der Waals surface area contributed by atoms with Crippen LogP contribution in [0.2, 0.25) is 0 Å². The molecule has 0 aromatic heterocycles. The van der Waals surface area contributed by atoms with Crippen LogP contribution in [0.25, 0.3) is 6.08 Å². The van der Waals surface area contributed by atoms with Crippen molar-refractivity contribution in [3.8, 4) is 0 Å². The zero-order valence-corrected chi connectivity index (χ0v) is 16.4. The summed E-state index contributed by atoms with van der Waals surface area (Å²) >= 11 is 9.92. The van der Waals surface area contributed by atoms with E-state index in [4.69, 9.17) is 12.2 Å². The number of carbonyl (C=O) groups excluding carboxylic acids is 1. The molecular formula is C17H12BrN3O3S2. The number of hydrogen-bond donors (Lipinski definition) is 1. The topological polar surface area (TPSA) is 75.5 Å². The summed E-state index contributed by atoms with van der Waals surface area (Å²) in [6, 6.07) is 13.7. The number of halogens is 1. The number of thiocarbonyl (C=S) groups is 1. The average molecular weight is 450 g/mol. The van der Waals surface area contributed by atoms with Gasteiger partial charge in [-0.05, 0) is 29.8 Å². The van der Waals surface area contributed by atoms with Gasteiger partial charge >= 0.3 is 0 Å². The highest BCUT2D eigenvalue weighted by Crippen LogP contribution is 2.32. The Kier molecular flexibility index (Phi) is 5.70. The van der Waals surface area contributed by atoms with E-state index in [9.17, 15) is 14.9 Å². The first kappa shape index (κ1) is 18.6. The van der Waals surface area contributed by atoms with Gasteiger partial charge < -0.3 is 5.32 Å². The number of nitrogens with zero attached hydrogens (tertiary/aromatic N) is 2. The predicted molar refractivity (Wildman–Crippen MR) is 111 cm³/mol. The summed E-state index contributed by atoms with van der Waals surface area (Å²) in [6.07, 6.45) is 1.79. The Hall–Kier alpha value is -2.23. The standard InChI is InChI=1S/C17H12BrN3O3S2/c18-12-4-1-3-11(7-12)8-15-16(22)20(17(25)26-15)10-19-13-5-2-6-14(9-13)21(23)24/h1-9,19H,10H2/b15-8-. The van der Waals surface area contributed by atoms with Crippen LogP contribution >= 0.6 is 39.9 Å². The number of rotatable bonds is 5. The Balaban J connectivity index is 1.71. The van der Waals surface area contributed by atoms with Crippen LogP contribution in [0.5, 0.6) is 0 Å². The summed E-state index contributed by atoms with van der Waals surface area (Å²) in [4.78, 5) is 24.9. The third kappa shape index (κ3) is 4.29. The van der Waals surface area contributed by atoms with Crippen LogP contribution in [-0.4, -0.2) is 26.7 Å². The summed E-state index contributed by atoms with van der Waals surface area (Å²) in [7, 11) is 0. The molecule has 1 aliphatic heterocycles. The largest absolute Gasteiger partial charge is 0.367 e. The molecule has 2 aromatic rings. The number of nitrogens with one attached hydrogen (secondary N) is 1. The summed E-state index contributed by atoms with van der Waals surface area (Å²) in [5, 5.41) is 13.8. The SMILES string of the molecule is O=C1/C(=C/c2cccc(Br)c2)SC(=S)N1CNc1cccc([N+](=O)[O-])c1. The smallest absolute Gasteiger partial charge is 0.271 e. The molecule has 1 N–H and O–H groups in total. The highest BCUT2D eigenvalue weighted by Gasteiger charge is 2.31. The van der Waals surface area contributed by atoms with Gasteiger partial charge in [0.2, 0.25) is 0 Å². The van der Waals surface area contributed by atoms with Crippen molar-refractivity contribution in [2.24, 2.45) is 0 Å². The maximum atomic E-state index is 12.6. The van der Waals surface area contributed by atoms with E-state index in [1.54, 1.807) is 18.2 Å². The van der Waals surface area contributed by atoms with E-state index >= 15 is 0 Å². The van der Waals surface area contributed by atoms with Crippen LogP contribution in [0.15, 0.2) is 57.9 Å². The molecule has 0 bridgehead atoms. The number of hydrogen-bond acceptors (Lipinski definition) is 6. The molecule has 6 nitrogen and oxygen atoms in total. The highest BCUT2D eigenvalue weighted by molar-refractivity contribution is 9.10. The Labute approximate surface area is 167 Å². The average Bonchev–Trinajstić information content (AvgIpc) is 2.87. The Bertz CT molecular complexity index is 933. The number of nitro groups is 1. The third-order valence-electron chi connectivity index (χ3n) is 3.52. The second kappa shape index (κ2) is 7.98. The molecule has 2 aromatic carbocycles. The van der Waals surface area contributed by atoms with E-state index in [1.165, 1.54) is 28.8 Å². The maximum absolute atomic E-state index is 12.6. The van der Waals surface area contributed by atoms with Crippen molar-refractivity contribution < 1.29 is 9.72 Å². The van der Waals surface area contributed by atoms with Crippen molar-refractivity contribution in [3.63, 3.8) is 0 Å².